The minimum absolute atomic E-state index is 0.103. The van der Waals surface area contributed by atoms with Crippen molar-refractivity contribution >= 4 is 27.5 Å². The second-order valence-corrected chi connectivity index (χ2v) is 7.70. The topological polar surface area (TPSA) is 114 Å². The van der Waals surface area contributed by atoms with Crippen molar-refractivity contribution in [1.82, 2.24) is 9.71 Å². The lowest BCUT2D eigenvalue weighted by atomic mass is 10.1. The van der Waals surface area contributed by atoms with E-state index in [0.717, 1.165) is 5.56 Å². The number of carbonyl (C=O) groups excluding carboxylic acids is 2. The Bertz CT molecular complexity index is 1020. The molecule has 0 bridgehead atoms. The fourth-order valence-electron chi connectivity index (χ4n) is 2.55. The first-order valence-corrected chi connectivity index (χ1v) is 9.26. The summed E-state index contributed by atoms with van der Waals surface area (Å²) < 4.78 is 32.8. The fourth-order valence-corrected chi connectivity index (χ4v) is 3.76. The quantitative estimate of drug-likeness (QED) is 0.841. The number of anilines is 1. The summed E-state index contributed by atoms with van der Waals surface area (Å²) in [4.78, 5) is 27.7. The average Bonchev–Trinajstić information content (AvgIpc) is 2.55. The van der Waals surface area contributed by atoms with Gasteiger partial charge in [0.05, 0.1) is 16.1 Å². The second kappa shape index (κ2) is 6.41. The number of amides is 2. The van der Waals surface area contributed by atoms with Gasteiger partial charge >= 0.3 is 0 Å². The van der Waals surface area contributed by atoms with Crippen molar-refractivity contribution in [1.29, 1.82) is 0 Å². The monoisotopic (exact) mass is 375 g/mol. The standard InChI is InChI=1S/C17H17N3O5S/c1-9-4-12(8-18-7-9)17(22)20-26(23,24)15-6-14-13(5-10(15)2)19-16(21)11(3)25-14/h4-8,11H,1-3H3,(H,19,21)(H,20,22)/t11-/m0/s1. The third kappa shape index (κ3) is 3.38. The van der Waals surface area contributed by atoms with Crippen molar-refractivity contribution in [2.75, 3.05) is 5.32 Å². The van der Waals surface area contributed by atoms with Crippen LogP contribution in [0.3, 0.4) is 0 Å². The number of aryl methyl sites for hydroxylation is 2. The molecule has 0 spiro atoms. The van der Waals surface area contributed by atoms with Crippen molar-refractivity contribution in [3.05, 3.63) is 47.3 Å². The number of benzene rings is 1. The van der Waals surface area contributed by atoms with Crippen molar-refractivity contribution < 1.29 is 22.7 Å². The zero-order valence-corrected chi connectivity index (χ0v) is 15.2. The molecule has 1 aliphatic heterocycles. The van der Waals surface area contributed by atoms with Gasteiger partial charge in [0.2, 0.25) is 0 Å². The number of carbonyl (C=O) groups is 2. The molecule has 0 fully saturated rings. The molecule has 3 rings (SSSR count). The number of rotatable bonds is 3. The van der Waals surface area contributed by atoms with Gasteiger partial charge in [0.25, 0.3) is 21.8 Å². The number of sulfonamides is 1. The molecule has 1 aromatic heterocycles. The van der Waals surface area contributed by atoms with Crippen LogP contribution >= 0.6 is 0 Å². The number of aromatic nitrogens is 1. The molecule has 2 amide bonds. The summed E-state index contributed by atoms with van der Waals surface area (Å²) in [6.07, 6.45) is 2.11. The first-order valence-electron chi connectivity index (χ1n) is 7.78. The van der Waals surface area contributed by atoms with Crippen LogP contribution in [0.5, 0.6) is 5.75 Å². The molecule has 2 heterocycles. The Kier molecular flexibility index (Phi) is 4.41. The highest BCUT2D eigenvalue weighted by Gasteiger charge is 2.28. The van der Waals surface area contributed by atoms with Crippen LogP contribution < -0.4 is 14.8 Å². The number of nitrogens with zero attached hydrogens (tertiary/aromatic N) is 1. The fraction of sp³-hybridized carbons (Fsp3) is 0.235. The molecular weight excluding hydrogens is 358 g/mol. The third-order valence-corrected chi connectivity index (χ3v) is 5.33. The molecule has 26 heavy (non-hydrogen) atoms. The maximum absolute atomic E-state index is 12.7. The van der Waals surface area contributed by atoms with Gasteiger partial charge in [-0.1, -0.05) is 0 Å². The third-order valence-electron chi connectivity index (χ3n) is 3.86. The zero-order valence-electron chi connectivity index (χ0n) is 14.4. The summed E-state index contributed by atoms with van der Waals surface area (Å²) in [5.41, 5.74) is 1.63. The molecule has 1 atom stereocenters. The highest BCUT2D eigenvalue weighted by molar-refractivity contribution is 7.90. The van der Waals surface area contributed by atoms with Gasteiger partial charge in [0.15, 0.2) is 6.10 Å². The molecule has 136 valence electrons. The lowest BCUT2D eigenvalue weighted by molar-refractivity contribution is -0.122. The molecule has 8 nitrogen and oxygen atoms in total. The largest absolute Gasteiger partial charge is 0.479 e. The first kappa shape index (κ1) is 17.9. The van der Waals surface area contributed by atoms with Crippen LogP contribution in [0.1, 0.15) is 28.4 Å². The summed E-state index contributed by atoms with van der Waals surface area (Å²) >= 11 is 0. The van der Waals surface area contributed by atoms with Crippen LogP contribution in [0, 0.1) is 13.8 Å². The number of hydrogen-bond acceptors (Lipinski definition) is 6. The van der Waals surface area contributed by atoms with E-state index in [0.29, 0.717) is 11.3 Å². The smallest absolute Gasteiger partial charge is 0.266 e. The minimum atomic E-state index is -4.14. The van der Waals surface area contributed by atoms with Gasteiger partial charge in [-0.3, -0.25) is 14.6 Å². The van der Waals surface area contributed by atoms with Crippen LogP contribution in [0.2, 0.25) is 0 Å². The minimum Gasteiger partial charge on any atom is -0.479 e. The zero-order chi connectivity index (χ0) is 19.1. The molecule has 1 aromatic carbocycles. The molecule has 0 saturated heterocycles. The summed E-state index contributed by atoms with van der Waals surface area (Å²) in [6, 6.07) is 4.33. The van der Waals surface area contributed by atoms with Crippen LogP contribution in [0.15, 0.2) is 35.5 Å². The summed E-state index contributed by atoms with van der Waals surface area (Å²) in [5, 5.41) is 2.65. The molecule has 9 heteroatoms. The number of fused-ring (bicyclic) bond motifs is 1. The van der Waals surface area contributed by atoms with E-state index in [-0.39, 0.29) is 22.1 Å². The van der Waals surface area contributed by atoms with E-state index in [1.807, 2.05) is 4.72 Å². The van der Waals surface area contributed by atoms with E-state index < -0.39 is 22.0 Å². The summed E-state index contributed by atoms with van der Waals surface area (Å²) in [5.74, 6) is -0.860. The van der Waals surface area contributed by atoms with Gasteiger partial charge in [0, 0.05) is 18.5 Å². The molecule has 0 radical (unpaired) electrons. The normalized spacial score (nSPS) is 16.3. The van der Waals surface area contributed by atoms with Crippen LogP contribution in [0.25, 0.3) is 0 Å². The highest BCUT2D eigenvalue weighted by atomic mass is 32.2. The van der Waals surface area contributed by atoms with Crippen molar-refractivity contribution in [3.63, 3.8) is 0 Å². The second-order valence-electron chi connectivity index (χ2n) is 6.05. The van der Waals surface area contributed by atoms with Gasteiger partial charge in [-0.05, 0) is 44.0 Å². The first-order chi connectivity index (χ1) is 12.2. The van der Waals surface area contributed by atoms with E-state index in [2.05, 4.69) is 10.3 Å². The molecule has 2 aromatic rings. The predicted molar refractivity (Wildman–Crippen MR) is 93.5 cm³/mol. The molecule has 2 N–H and O–H groups in total. The van der Waals surface area contributed by atoms with Crippen molar-refractivity contribution in [3.8, 4) is 5.75 Å². The maximum Gasteiger partial charge on any atom is 0.266 e. The number of nitrogens with one attached hydrogen (secondary N) is 2. The van der Waals surface area contributed by atoms with Gasteiger partial charge in [-0.25, -0.2) is 13.1 Å². The Hall–Kier alpha value is -2.94. The molecule has 0 saturated carbocycles. The SMILES string of the molecule is Cc1cncc(C(=O)NS(=O)(=O)c2cc3c(cc2C)NC(=O)[C@H](C)O3)c1. The van der Waals surface area contributed by atoms with Crippen LogP contribution in [0.4, 0.5) is 5.69 Å². The highest BCUT2D eigenvalue weighted by Crippen LogP contribution is 2.34. The summed E-state index contributed by atoms with van der Waals surface area (Å²) in [7, 11) is -4.14. The van der Waals surface area contributed by atoms with Gasteiger partial charge in [-0.15, -0.1) is 0 Å². The lowest BCUT2D eigenvalue weighted by Gasteiger charge is -2.24. The van der Waals surface area contributed by atoms with Gasteiger partial charge in [0.1, 0.15) is 5.75 Å². The molecule has 0 aliphatic carbocycles. The number of pyridine rings is 1. The lowest BCUT2D eigenvalue weighted by Crippen LogP contribution is -2.35. The van der Waals surface area contributed by atoms with Gasteiger partial charge < -0.3 is 10.1 Å². The van der Waals surface area contributed by atoms with Crippen LogP contribution in [-0.4, -0.2) is 31.3 Å². The number of ether oxygens (including phenoxy) is 1. The molecule has 1 aliphatic rings. The van der Waals surface area contributed by atoms with E-state index in [9.17, 15) is 18.0 Å². The van der Waals surface area contributed by atoms with E-state index in [1.165, 1.54) is 24.4 Å². The molecule has 0 unspecified atom stereocenters. The van der Waals surface area contributed by atoms with E-state index in [1.54, 1.807) is 27.0 Å². The van der Waals surface area contributed by atoms with Gasteiger partial charge in [-0.2, -0.15) is 0 Å². The Morgan fingerprint density at radius 1 is 1.23 bits per heavy atom. The van der Waals surface area contributed by atoms with E-state index >= 15 is 0 Å². The summed E-state index contributed by atoms with van der Waals surface area (Å²) in [6.45, 7) is 4.87. The Morgan fingerprint density at radius 2 is 1.96 bits per heavy atom. The van der Waals surface area contributed by atoms with E-state index in [4.69, 9.17) is 4.74 Å². The van der Waals surface area contributed by atoms with Crippen molar-refractivity contribution in [2.45, 2.75) is 31.8 Å². The molecular formula is C17H17N3O5S. The Labute approximate surface area is 150 Å². The average molecular weight is 375 g/mol. The van der Waals surface area contributed by atoms with Crippen molar-refractivity contribution in [2.24, 2.45) is 0 Å². The predicted octanol–water partition coefficient (Wildman–Crippen LogP) is 1.54. The Morgan fingerprint density at radius 3 is 2.65 bits per heavy atom. The number of hydrogen-bond donors (Lipinski definition) is 2. The van der Waals surface area contributed by atoms with Crippen LogP contribution in [-0.2, 0) is 14.8 Å². The Balaban J connectivity index is 1.94. The maximum atomic E-state index is 12.7.